The van der Waals surface area contributed by atoms with Crippen LogP contribution in [0, 0.1) is 12.7 Å². The van der Waals surface area contributed by atoms with Gasteiger partial charge in [-0.3, -0.25) is 0 Å². The van der Waals surface area contributed by atoms with Crippen molar-refractivity contribution in [2.45, 2.75) is 19.9 Å². The van der Waals surface area contributed by atoms with Gasteiger partial charge in [0.2, 0.25) is 0 Å². The highest BCUT2D eigenvalue weighted by molar-refractivity contribution is 7.80. The number of aromatic nitrogens is 1. The number of benzene rings is 1. The van der Waals surface area contributed by atoms with Gasteiger partial charge in [-0.15, -0.1) is 11.3 Å². The molecule has 3 N–H and O–H groups in total. The predicted octanol–water partition coefficient (Wildman–Crippen LogP) is 3.40. The number of rotatable bonds is 4. The average Bonchev–Trinajstić information content (AvgIpc) is 2.78. The summed E-state index contributed by atoms with van der Waals surface area (Å²) in [6.45, 7) is 3.94. The number of hydrogen-bond acceptors (Lipinski definition) is 4. The van der Waals surface area contributed by atoms with Crippen molar-refractivity contribution in [2.75, 3.05) is 5.32 Å². The number of halogens is 1. The fourth-order valence-electron chi connectivity index (χ4n) is 1.65. The minimum atomic E-state index is -0.370. The van der Waals surface area contributed by atoms with Crippen LogP contribution in [0.15, 0.2) is 24.4 Å². The average molecular weight is 295 g/mol. The van der Waals surface area contributed by atoms with Gasteiger partial charge in [0.25, 0.3) is 0 Å². The molecule has 0 aliphatic carbocycles. The minimum absolute atomic E-state index is 0.0520. The number of thiocarbonyl (C=S) groups is 1. The molecule has 1 atom stereocenters. The van der Waals surface area contributed by atoms with Crippen LogP contribution in [0.3, 0.4) is 0 Å². The Kier molecular flexibility index (Phi) is 4.11. The van der Waals surface area contributed by atoms with E-state index in [4.69, 9.17) is 18.0 Å². The van der Waals surface area contributed by atoms with E-state index in [1.165, 1.54) is 6.07 Å². The Morgan fingerprint density at radius 3 is 2.79 bits per heavy atom. The summed E-state index contributed by atoms with van der Waals surface area (Å²) in [5.41, 5.74) is 6.40. The summed E-state index contributed by atoms with van der Waals surface area (Å²) in [5, 5.41) is 4.02. The van der Waals surface area contributed by atoms with Crippen LogP contribution in [0.1, 0.15) is 28.4 Å². The fraction of sp³-hybridized carbons (Fsp3) is 0.231. The zero-order valence-corrected chi connectivity index (χ0v) is 12.2. The maximum absolute atomic E-state index is 13.9. The number of thiazole rings is 1. The van der Waals surface area contributed by atoms with Crippen LogP contribution in [0.4, 0.5) is 10.1 Å². The number of hydrogen-bond donors (Lipinski definition) is 2. The zero-order chi connectivity index (χ0) is 14.0. The summed E-state index contributed by atoms with van der Waals surface area (Å²) in [6, 6.07) is 4.63. The first kappa shape index (κ1) is 13.9. The van der Waals surface area contributed by atoms with Crippen LogP contribution in [-0.2, 0) is 0 Å². The van der Waals surface area contributed by atoms with Crippen LogP contribution < -0.4 is 11.1 Å². The van der Waals surface area contributed by atoms with Crippen molar-refractivity contribution >= 4 is 34.2 Å². The molecule has 0 spiro atoms. The van der Waals surface area contributed by atoms with Gasteiger partial charge in [-0.05, 0) is 32.0 Å². The minimum Gasteiger partial charge on any atom is -0.389 e. The second-order valence-electron chi connectivity index (χ2n) is 4.23. The third-order valence-corrected chi connectivity index (χ3v) is 3.97. The third kappa shape index (κ3) is 3.27. The van der Waals surface area contributed by atoms with E-state index in [1.807, 2.05) is 20.0 Å². The molecule has 0 amide bonds. The van der Waals surface area contributed by atoms with Crippen LogP contribution in [-0.4, -0.2) is 9.97 Å². The monoisotopic (exact) mass is 295 g/mol. The van der Waals surface area contributed by atoms with E-state index in [2.05, 4.69) is 10.3 Å². The second-order valence-corrected chi connectivity index (χ2v) is 5.94. The van der Waals surface area contributed by atoms with Gasteiger partial charge in [0, 0.05) is 16.6 Å². The van der Waals surface area contributed by atoms with Crippen molar-refractivity contribution in [2.24, 2.45) is 5.73 Å². The third-order valence-electron chi connectivity index (χ3n) is 2.64. The number of nitrogens with one attached hydrogen (secondary N) is 1. The van der Waals surface area contributed by atoms with Gasteiger partial charge >= 0.3 is 0 Å². The molecule has 2 aromatic rings. The standard InChI is InChI=1S/C13H14FN3S2/c1-7-6-16-13(19-7)8(2)17-11-4-3-9(12(15)18)5-10(11)14/h3-6,8,17H,1-2H3,(H2,15,18). The lowest BCUT2D eigenvalue weighted by molar-refractivity contribution is 0.627. The molecule has 1 heterocycles. The van der Waals surface area contributed by atoms with Crippen molar-refractivity contribution in [3.8, 4) is 0 Å². The number of nitrogens with two attached hydrogens (primary N) is 1. The van der Waals surface area contributed by atoms with Gasteiger partial charge in [0.1, 0.15) is 15.8 Å². The number of nitrogens with zero attached hydrogens (tertiary/aromatic N) is 1. The fourth-order valence-corrected chi connectivity index (χ4v) is 2.56. The number of aryl methyl sites for hydroxylation is 1. The molecule has 0 saturated heterocycles. The molecule has 2 rings (SSSR count). The smallest absolute Gasteiger partial charge is 0.147 e. The van der Waals surface area contributed by atoms with Crippen LogP contribution in [0.25, 0.3) is 0 Å². The second kappa shape index (κ2) is 5.63. The quantitative estimate of drug-likeness (QED) is 0.849. The van der Waals surface area contributed by atoms with E-state index in [1.54, 1.807) is 23.5 Å². The molecule has 0 fully saturated rings. The molecule has 0 radical (unpaired) electrons. The normalized spacial score (nSPS) is 12.2. The molecular formula is C13H14FN3S2. The summed E-state index contributed by atoms with van der Waals surface area (Å²) in [7, 11) is 0. The van der Waals surface area contributed by atoms with E-state index in [9.17, 15) is 4.39 Å². The Labute approximate surface area is 120 Å². The lowest BCUT2D eigenvalue weighted by Crippen LogP contribution is -2.11. The van der Waals surface area contributed by atoms with E-state index in [-0.39, 0.29) is 16.8 Å². The SMILES string of the molecule is Cc1cnc(C(C)Nc2ccc(C(N)=S)cc2F)s1. The Balaban J connectivity index is 2.17. The highest BCUT2D eigenvalue weighted by Crippen LogP contribution is 2.25. The van der Waals surface area contributed by atoms with Crippen LogP contribution in [0.5, 0.6) is 0 Å². The van der Waals surface area contributed by atoms with Gasteiger partial charge in [0.15, 0.2) is 0 Å². The van der Waals surface area contributed by atoms with Crippen molar-refractivity contribution < 1.29 is 4.39 Å². The van der Waals surface area contributed by atoms with Gasteiger partial charge in [-0.1, -0.05) is 12.2 Å². The first-order valence-electron chi connectivity index (χ1n) is 5.75. The summed E-state index contributed by atoms with van der Waals surface area (Å²) < 4.78 is 13.9. The van der Waals surface area contributed by atoms with E-state index >= 15 is 0 Å². The molecule has 0 aliphatic heterocycles. The molecule has 0 bridgehead atoms. The highest BCUT2D eigenvalue weighted by atomic mass is 32.1. The Morgan fingerprint density at radius 1 is 1.53 bits per heavy atom. The Morgan fingerprint density at radius 2 is 2.26 bits per heavy atom. The van der Waals surface area contributed by atoms with E-state index in [0.29, 0.717) is 11.3 Å². The first-order valence-corrected chi connectivity index (χ1v) is 6.98. The van der Waals surface area contributed by atoms with Crippen molar-refractivity contribution in [1.82, 2.24) is 4.98 Å². The molecular weight excluding hydrogens is 281 g/mol. The van der Waals surface area contributed by atoms with Gasteiger partial charge in [0.05, 0.1) is 11.7 Å². The Hall–Kier alpha value is -1.53. The highest BCUT2D eigenvalue weighted by Gasteiger charge is 2.12. The first-order chi connectivity index (χ1) is 8.97. The predicted molar refractivity (Wildman–Crippen MR) is 81.2 cm³/mol. The largest absolute Gasteiger partial charge is 0.389 e. The maximum Gasteiger partial charge on any atom is 0.147 e. The number of anilines is 1. The summed E-state index contributed by atoms with van der Waals surface area (Å²) in [4.78, 5) is 5.60. The van der Waals surface area contributed by atoms with Gasteiger partial charge in [-0.2, -0.15) is 0 Å². The molecule has 3 nitrogen and oxygen atoms in total. The molecule has 100 valence electrons. The lowest BCUT2D eigenvalue weighted by atomic mass is 10.2. The van der Waals surface area contributed by atoms with Crippen molar-refractivity contribution in [1.29, 1.82) is 0 Å². The maximum atomic E-state index is 13.9. The zero-order valence-electron chi connectivity index (χ0n) is 10.6. The molecule has 1 aromatic heterocycles. The van der Waals surface area contributed by atoms with Crippen molar-refractivity contribution in [3.63, 3.8) is 0 Å². The molecule has 19 heavy (non-hydrogen) atoms. The van der Waals surface area contributed by atoms with Crippen molar-refractivity contribution in [3.05, 3.63) is 45.7 Å². The van der Waals surface area contributed by atoms with Crippen LogP contribution >= 0.6 is 23.6 Å². The topological polar surface area (TPSA) is 50.9 Å². The van der Waals surface area contributed by atoms with Crippen LogP contribution in [0.2, 0.25) is 0 Å². The summed E-state index contributed by atoms with van der Waals surface area (Å²) >= 11 is 6.41. The molecule has 6 heteroatoms. The Bertz CT molecular complexity index is 610. The molecule has 1 aromatic carbocycles. The molecule has 0 saturated carbocycles. The summed E-state index contributed by atoms with van der Waals surface area (Å²) in [5.74, 6) is -0.370. The van der Waals surface area contributed by atoms with Gasteiger partial charge in [-0.25, -0.2) is 9.37 Å². The van der Waals surface area contributed by atoms with Gasteiger partial charge < -0.3 is 11.1 Å². The molecule has 1 unspecified atom stereocenters. The van der Waals surface area contributed by atoms with E-state index in [0.717, 1.165) is 9.88 Å². The molecule has 0 aliphatic rings. The van der Waals surface area contributed by atoms with E-state index < -0.39 is 0 Å². The lowest BCUT2D eigenvalue weighted by Gasteiger charge is -2.14. The summed E-state index contributed by atoms with van der Waals surface area (Å²) in [6.07, 6.45) is 1.81.